The van der Waals surface area contributed by atoms with E-state index in [1.165, 1.54) is 69.2 Å². The van der Waals surface area contributed by atoms with Gasteiger partial charge in [0.2, 0.25) is 0 Å². The quantitative estimate of drug-likeness (QED) is 0.836. The first-order valence-electron chi connectivity index (χ1n) is 8.57. The van der Waals surface area contributed by atoms with Gasteiger partial charge < -0.3 is 5.32 Å². The Morgan fingerprint density at radius 1 is 1.20 bits per heavy atom. The van der Waals surface area contributed by atoms with Crippen LogP contribution >= 0.6 is 0 Å². The molecule has 0 spiro atoms. The van der Waals surface area contributed by atoms with Crippen molar-refractivity contribution < 1.29 is 0 Å². The predicted molar refractivity (Wildman–Crippen MR) is 84.0 cm³/mol. The van der Waals surface area contributed by atoms with Gasteiger partial charge in [-0.25, -0.2) is 0 Å². The molecule has 20 heavy (non-hydrogen) atoms. The van der Waals surface area contributed by atoms with E-state index in [4.69, 9.17) is 4.98 Å². The number of aryl methyl sites for hydroxylation is 1. The SMILES string of the molecule is CCCNC1CCCCCC1C1CCc2cccnc21. The highest BCUT2D eigenvalue weighted by atomic mass is 14.9. The van der Waals surface area contributed by atoms with Crippen molar-refractivity contribution in [3.05, 3.63) is 29.6 Å². The minimum absolute atomic E-state index is 0.707. The number of nitrogens with zero attached hydrogens (tertiary/aromatic N) is 1. The minimum Gasteiger partial charge on any atom is -0.314 e. The molecule has 3 atom stereocenters. The zero-order valence-corrected chi connectivity index (χ0v) is 12.8. The molecular weight excluding hydrogens is 244 g/mol. The molecule has 3 rings (SSSR count). The van der Waals surface area contributed by atoms with Crippen LogP contribution in [0.5, 0.6) is 0 Å². The van der Waals surface area contributed by atoms with Crippen LogP contribution < -0.4 is 5.32 Å². The first kappa shape index (κ1) is 14.1. The van der Waals surface area contributed by atoms with Crippen LogP contribution in [0.25, 0.3) is 0 Å². The van der Waals surface area contributed by atoms with Crippen LogP contribution in [-0.2, 0) is 6.42 Å². The maximum absolute atomic E-state index is 4.73. The second-order valence-corrected chi connectivity index (χ2v) is 6.56. The first-order chi connectivity index (χ1) is 9.90. The summed E-state index contributed by atoms with van der Waals surface area (Å²) in [5, 5.41) is 3.84. The van der Waals surface area contributed by atoms with E-state index in [-0.39, 0.29) is 0 Å². The highest BCUT2D eigenvalue weighted by Crippen LogP contribution is 2.42. The summed E-state index contributed by atoms with van der Waals surface area (Å²) in [4.78, 5) is 4.73. The second-order valence-electron chi connectivity index (χ2n) is 6.56. The number of hydrogen-bond acceptors (Lipinski definition) is 2. The van der Waals surface area contributed by atoms with Crippen molar-refractivity contribution in [1.29, 1.82) is 0 Å². The number of hydrogen-bond donors (Lipinski definition) is 1. The smallest absolute Gasteiger partial charge is 0.0469 e. The van der Waals surface area contributed by atoms with Crippen LogP contribution in [-0.4, -0.2) is 17.6 Å². The van der Waals surface area contributed by atoms with Crippen LogP contribution in [0, 0.1) is 5.92 Å². The molecule has 0 radical (unpaired) electrons. The Morgan fingerprint density at radius 3 is 3.00 bits per heavy atom. The zero-order chi connectivity index (χ0) is 13.8. The van der Waals surface area contributed by atoms with Gasteiger partial charge in [-0.1, -0.05) is 32.3 Å². The summed E-state index contributed by atoms with van der Waals surface area (Å²) < 4.78 is 0. The summed E-state index contributed by atoms with van der Waals surface area (Å²) in [5.74, 6) is 1.51. The monoisotopic (exact) mass is 272 g/mol. The van der Waals surface area contributed by atoms with E-state index in [0.717, 1.165) is 12.0 Å². The van der Waals surface area contributed by atoms with E-state index in [1.54, 1.807) is 0 Å². The van der Waals surface area contributed by atoms with Crippen molar-refractivity contribution >= 4 is 0 Å². The fourth-order valence-electron chi connectivity index (χ4n) is 4.26. The molecule has 0 aromatic carbocycles. The molecule has 2 heteroatoms. The predicted octanol–water partition coefficient (Wildman–Crippen LogP) is 4.06. The molecule has 1 saturated carbocycles. The topological polar surface area (TPSA) is 24.9 Å². The van der Waals surface area contributed by atoms with Crippen molar-refractivity contribution in [3.63, 3.8) is 0 Å². The van der Waals surface area contributed by atoms with Crippen molar-refractivity contribution in [3.8, 4) is 0 Å². The normalized spacial score (nSPS) is 29.9. The third kappa shape index (κ3) is 2.90. The molecule has 1 aromatic rings. The molecule has 0 aliphatic heterocycles. The Balaban J connectivity index is 1.79. The van der Waals surface area contributed by atoms with Gasteiger partial charge in [0.25, 0.3) is 0 Å². The van der Waals surface area contributed by atoms with Gasteiger partial charge in [0.05, 0.1) is 0 Å². The average molecular weight is 272 g/mol. The van der Waals surface area contributed by atoms with E-state index in [2.05, 4.69) is 24.4 Å². The molecule has 110 valence electrons. The largest absolute Gasteiger partial charge is 0.314 e. The highest BCUT2D eigenvalue weighted by Gasteiger charge is 2.35. The number of aromatic nitrogens is 1. The average Bonchev–Trinajstić information content (AvgIpc) is 2.77. The van der Waals surface area contributed by atoms with Gasteiger partial charge in [-0.3, -0.25) is 4.98 Å². The van der Waals surface area contributed by atoms with Gasteiger partial charge in [0.1, 0.15) is 0 Å². The Morgan fingerprint density at radius 2 is 2.10 bits per heavy atom. The summed E-state index contributed by atoms with van der Waals surface area (Å²) in [6.07, 6.45) is 12.8. The van der Waals surface area contributed by atoms with Crippen LogP contribution in [0.1, 0.15) is 69.0 Å². The van der Waals surface area contributed by atoms with Crippen LogP contribution in [0.3, 0.4) is 0 Å². The van der Waals surface area contributed by atoms with Gasteiger partial charge in [0.15, 0.2) is 0 Å². The zero-order valence-electron chi connectivity index (χ0n) is 12.8. The van der Waals surface area contributed by atoms with Crippen molar-refractivity contribution in [2.45, 2.75) is 70.3 Å². The van der Waals surface area contributed by atoms with Gasteiger partial charge in [-0.05, 0) is 56.2 Å². The minimum atomic E-state index is 0.707. The Bertz CT molecular complexity index is 429. The van der Waals surface area contributed by atoms with E-state index in [1.807, 2.05) is 6.20 Å². The lowest BCUT2D eigenvalue weighted by molar-refractivity contribution is 0.281. The number of rotatable bonds is 4. The summed E-state index contributed by atoms with van der Waals surface area (Å²) in [5.41, 5.74) is 2.93. The van der Waals surface area contributed by atoms with Gasteiger partial charge in [-0.15, -0.1) is 0 Å². The molecular formula is C18H28N2. The van der Waals surface area contributed by atoms with Crippen molar-refractivity contribution in [1.82, 2.24) is 10.3 Å². The Labute approximate surface area is 123 Å². The van der Waals surface area contributed by atoms with E-state index < -0.39 is 0 Å². The van der Waals surface area contributed by atoms with Crippen LogP contribution in [0.2, 0.25) is 0 Å². The summed E-state index contributed by atoms with van der Waals surface area (Å²) in [6.45, 7) is 3.44. The van der Waals surface area contributed by atoms with Gasteiger partial charge >= 0.3 is 0 Å². The van der Waals surface area contributed by atoms with E-state index in [0.29, 0.717) is 5.92 Å². The molecule has 2 nitrogen and oxygen atoms in total. The van der Waals surface area contributed by atoms with Crippen molar-refractivity contribution in [2.75, 3.05) is 6.54 Å². The summed E-state index contributed by atoms with van der Waals surface area (Å²) in [6, 6.07) is 5.10. The molecule has 3 unspecified atom stereocenters. The fourth-order valence-corrected chi connectivity index (χ4v) is 4.26. The van der Waals surface area contributed by atoms with E-state index in [9.17, 15) is 0 Å². The molecule has 1 fully saturated rings. The number of pyridine rings is 1. The molecule has 0 saturated heterocycles. The standard InChI is InChI=1S/C18H28N2/c1-2-12-19-17-9-5-3-4-8-15(17)16-11-10-14-7-6-13-20-18(14)16/h6-7,13,15-17,19H,2-5,8-12H2,1H3. The maximum atomic E-state index is 4.73. The number of fused-ring (bicyclic) bond motifs is 1. The third-order valence-corrected chi connectivity index (χ3v) is 5.24. The molecule has 0 amide bonds. The van der Waals surface area contributed by atoms with Crippen LogP contribution in [0.15, 0.2) is 18.3 Å². The molecule has 1 N–H and O–H groups in total. The lowest BCUT2D eigenvalue weighted by Crippen LogP contribution is -2.38. The fraction of sp³-hybridized carbons (Fsp3) is 0.722. The molecule has 1 aromatic heterocycles. The Hall–Kier alpha value is -0.890. The second kappa shape index (κ2) is 6.71. The van der Waals surface area contributed by atoms with Gasteiger partial charge in [-0.2, -0.15) is 0 Å². The third-order valence-electron chi connectivity index (χ3n) is 5.24. The highest BCUT2D eigenvalue weighted by molar-refractivity contribution is 5.29. The molecule has 2 aliphatic carbocycles. The van der Waals surface area contributed by atoms with Crippen LogP contribution in [0.4, 0.5) is 0 Å². The number of nitrogens with one attached hydrogen (secondary N) is 1. The molecule has 2 aliphatic rings. The molecule has 1 heterocycles. The molecule has 0 bridgehead atoms. The van der Waals surface area contributed by atoms with Gasteiger partial charge in [0, 0.05) is 23.9 Å². The Kier molecular flexibility index (Phi) is 4.72. The van der Waals surface area contributed by atoms with E-state index >= 15 is 0 Å². The van der Waals surface area contributed by atoms with Crippen molar-refractivity contribution in [2.24, 2.45) is 5.92 Å². The maximum Gasteiger partial charge on any atom is 0.0469 e. The lowest BCUT2D eigenvalue weighted by Gasteiger charge is -2.31. The first-order valence-corrected chi connectivity index (χ1v) is 8.57. The lowest BCUT2D eigenvalue weighted by atomic mass is 9.81. The summed E-state index contributed by atoms with van der Waals surface area (Å²) >= 11 is 0. The summed E-state index contributed by atoms with van der Waals surface area (Å²) in [7, 11) is 0.